The van der Waals surface area contributed by atoms with Gasteiger partial charge in [0.05, 0.1) is 21.8 Å². The molecular weight excluding hydrogens is 376 g/mol. The van der Waals surface area contributed by atoms with Gasteiger partial charge in [-0.3, -0.25) is 0 Å². The molecule has 1 aliphatic heterocycles. The van der Waals surface area contributed by atoms with Crippen molar-refractivity contribution in [2.24, 2.45) is 0 Å². The summed E-state index contributed by atoms with van der Waals surface area (Å²) < 4.78 is 12.1. The Balaban J connectivity index is 1.86. The smallest absolute Gasteiger partial charge is 0.118 e. The standard InChI is InChI=1S/C21H36O2S2Si/c1-17(2)26(18(3)4,21-24-13-7-14-25-21)15-6-12-23-16-19-8-10-20(22-5)11-9-19/h8-11,17-18,21H,6-7,12-16H2,1-5H3. The van der Waals surface area contributed by atoms with Crippen LogP contribution in [0.15, 0.2) is 24.3 Å². The first-order chi connectivity index (χ1) is 12.5. The van der Waals surface area contributed by atoms with E-state index in [0.29, 0.717) is 6.61 Å². The summed E-state index contributed by atoms with van der Waals surface area (Å²) in [7, 11) is 0.341. The largest absolute Gasteiger partial charge is 0.497 e. The molecule has 0 unspecified atom stereocenters. The zero-order chi connectivity index (χ0) is 19.0. The molecule has 1 fully saturated rings. The highest BCUT2D eigenvalue weighted by molar-refractivity contribution is 8.20. The second-order valence-electron chi connectivity index (χ2n) is 7.85. The number of hydrogen-bond donors (Lipinski definition) is 0. The summed E-state index contributed by atoms with van der Waals surface area (Å²) in [5.41, 5.74) is 2.90. The Morgan fingerprint density at radius 1 is 1.04 bits per heavy atom. The van der Waals surface area contributed by atoms with E-state index in [9.17, 15) is 0 Å². The van der Waals surface area contributed by atoms with Crippen LogP contribution in [-0.4, -0.2) is 37.5 Å². The van der Waals surface area contributed by atoms with Gasteiger partial charge in [0, 0.05) is 10.8 Å². The first-order valence-corrected chi connectivity index (χ1v) is 14.5. The maximum absolute atomic E-state index is 6.00. The van der Waals surface area contributed by atoms with Crippen molar-refractivity contribution in [3.05, 3.63) is 29.8 Å². The van der Waals surface area contributed by atoms with Gasteiger partial charge in [-0.25, -0.2) is 0 Å². The molecule has 0 saturated carbocycles. The lowest BCUT2D eigenvalue weighted by Crippen LogP contribution is -2.51. The number of rotatable bonds is 10. The SMILES string of the molecule is COc1ccc(COCCC[Si](C(C)C)(C(C)C)C2SCCCS2)cc1. The van der Waals surface area contributed by atoms with Crippen LogP contribution in [0.5, 0.6) is 5.75 Å². The van der Waals surface area contributed by atoms with Crippen molar-refractivity contribution >= 4 is 31.6 Å². The van der Waals surface area contributed by atoms with Crippen molar-refractivity contribution in [3.8, 4) is 5.75 Å². The van der Waals surface area contributed by atoms with Crippen LogP contribution in [0.4, 0.5) is 0 Å². The van der Waals surface area contributed by atoms with Gasteiger partial charge in [-0.2, -0.15) is 23.5 Å². The topological polar surface area (TPSA) is 18.5 Å². The molecule has 1 aromatic carbocycles. The summed E-state index contributed by atoms with van der Waals surface area (Å²) in [6.07, 6.45) is 2.59. The van der Waals surface area contributed by atoms with E-state index in [1.54, 1.807) is 7.11 Å². The fourth-order valence-corrected chi connectivity index (χ4v) is 18.0. The molecule has 0 atom stereocenters. The van der Waals surface area contributed by atoms with E-state index < -0.39 is 8.07 Å². The number of benzene rings is 1. The number of hydrogen-bond acceptors (Lipinski definition) is 4. The van der Waals surface area contributed by atoms with Crippen molar-refractivity contribution in [1.29, 1.82) is 0 Å². The summed E-state index contributed by atoms with van der Waals surface area (Å²) in [4.78, 5) is 0. The third kappa shape index (κ3) is 5.70. The average Bonchev–Trinajstić information content (AvgIpc) is 2.65. The van der Waals surface area contributed by atoms with Gasteiger partial charge < -0.3 is 9.47 Å². The lowest BCUT2D eigenvalue weighted by molar-refractivity contribution is 0.121. The van der Waals surface area contributed by atoms with Gasteiger partial charge in [0.25, 0.3) is 0 Å². The van der Waals surface area contributed by atoms with Crippen LogP contribution in [0, 0.1) is 0 Å². The molecule has 2 nitrogen and oxygen atoms in total. The predicted molar refractivity (Wildman–Crippen MR) is 121 cm³/mol. The van der Waals surface area contributed by atoms with Crippen LogP contribution in [0.2, 0.25) is 17.1 Å². The molecule has 1 saturated heterocycles. The minimum atomic E-state index is -1.36. The highest BCUT2D eigenvalue weighted by Crippen LogP contribution is 2.49. The molecule has 0 aromatic heterocycles. The van der Waals surface area contributed by atoms with Crippen LogP contribution in [0.1, 0.15) is 46.1 Å². The average molecular weight is 413 g/mol. The molecule has 1 heterocycles. The van der Waals surface area contributed by atoms with Crippen molar-refractivity contribution in [2.45, 2.75) is 68.5 Å². The van der Waals surface area contributed by atoms with Gasteiger partial charge in [0.15, 0.2) is 0 Å². The molecule has 148 valence electrons. The molecule has 0 bridgehead atoms. The minimum Gasteiger partial charge on any atom is -0.497 e. The monoisotopic (exact) mass is 412 g/mol. The quantitative estimate of drug-likeness (QED) is 0.318. The van der Waals surface area contributed by atoms with E-state index in [0.717, 1.165) is 27.6 Å². The summed E-state index contributed by atoms with van der Waals surface area (Å²) in [5, 5.41) is 0. The van der Waals surface area contributed by atoms with Crippen LogP contribution in [0.3, 0.4) is 0 Å². The summed E-state index contributed by atoms with van der Waals surface area (Å²) in [6, 6.07) is 9.60. The summed E-state index contributed by atoms with van der Waals surface area (Å²) >= 11 is 4.53. The highest BCUT2D eigenvalue weighted by Gasteiger charge is 2.47. The van der Waals surface area contributed by atoms with Crippen LogP contribution in [0.25, 0.3) is 0 Å². The highest BCUT2D eigenvalue weighted by atomic mass is 32.2. The zero-order valence-electron chi connectivity index (χ0n) is 17.1. The van der Waals surface area contributed by atoms with Crippen LogP contribution >= 0.6 is 23.5 Å². The van der Waals surface area contributed by atoms with Gasteiger partial charge in [-0.1, -0.05) is 45.9 Å². The number of ether oxygens (including phenoxy) is 2. The number of methoxy groups -OCH3 is 1. The Morgan fingerprint density at radius 3 is 2.19 bits per heavy atom. The fraction of sp³-hybridized carbons (Fsp3) is 0.714. The zero-order valence-corrected chi connectivity index (χ0v) is 19.8. The fourth-order valence-electron chi connectivity index (χ4n) is 4.10. The molecule has 0 spiro atoms. The summed E-state index contributed by atoms with van der Waals surface area (Å²) in [6.45, 7) is 11.5. The Hall–Kier alpha value is -0.103. The Labute approximate surface area is 170 Å². The third-order valence-corrected chi connectivity index (χ3v) is 18.2. The minimum absolute atomic E-state index is 0.703. The molecule has 1 aromatic rings. The van der Waals surface area contributed by atoms with Crippen LogP contribution in [-0.2, 0) is 11.3 Å². The first-order valence-electron chi connectivity index (χ1n) is 9.94. The molecule has 0 radical (unpaired) electrons. The van der Waals surface area contributed by atoms with Crippen molar-refractivity contribution in [1.82, 2.24) is 0 Å². The van der Waals surface area contributed by atoms with Crippen molar-refractivity contribution in [3.63, 3.8) is 0 Å². The predicted octanol–water partition coefficient (Wildman–Crippen LogP) is 6.61. The number of thioether (sulfide) groups is 2. The molecule has 26 heavy (non-hydrogen) atoms. The molecule has 2 rings (SSSR count). The van der Waals surface area contributed by atoms with E-state index in [2.05, 4.69) is 63.4 Å². The summed E-state index contributed by atoms with van der Waals surface area (Å²) in [5.74, 6) is 3.63. The van der Waals surface area contributed by atoms with E-state index in [1.807, 2.05) is 12.1 Å². The lowest BCUT2D eigenvalue weighted by atomic mass is 10.2. The lowest BCUT2D eigenvalue weighted by Gasteiger charge is -2.46. The van der Waals surface area contributed by atoms with Crippen molar-refractivity contribution in [2.75, 3.05) is 25.2 Å². The third-order valence-electron chi connectivity index (χ3n) is 5.74. The van der Waals surface area contributed by atoms with E-state index >= 15 is 0 Å². The maximum atomic E-state index is 6.00. The van der Waals surface area contributed by atoms with Gasteiger partial charge in [-0.15, -0.1) is 0 Å². The molecule has 5 heteroatoms. The van der Waals surface area contributed by atoms with Crippen LogP contribution < -0.4 is 4.74 Å². The Bertz CT molecular complexity index is 505. The van der Waals surface area contributed by atoms with Gasteiger partial charge in [0.1, 0.15) is 5.75 Å². The van der Waals surface area contributed by atoms with Gasteiger partial charge in [-0.05, 0) is 53.1 Å². The van der Waals surface area contributed by atoms with Gasteiger partial charge in [0.2, 0.25) is 0 Å². The normalized spacial score (nSPS) is 16.4. The molecule has 1 aliphatic rings. The maximum Gasteiger partial charge on any atom is 0.118 e. The second-order valence-corrected chi connectivity index (χ2v) is 17.0. The first kappa shape index (κ1) is 22.2. The Morgan fingerprint density at radius 2 is 1.65 bits per heavy atom. The van der Waals surface area contributed by atoms with Crippen molar-refractivity contribution < 1.29 is 9.47 Å². The Kier molecular flexibility index (Phi) is 9.42. The molecule has 0 amide bonds. The molecule has 0 N–H and O–H groups in total. The second kappa shape index (κ2) is 11.0. The van der Waals surface area contributed by atoms with E-state index in [4.69, 9.17) is 9.47 Å². The molecular formula is C21H36O2S2Si. The molecule has 0 aliphatic carbocycles. The van der Waals surface area contributed by atoms with E-state index in [1.165, 1.54) is 36.0 Å². The van der Waals surface area contributed by atoms with Gasteiger partial charge >= 0.3 is 0 Å². The van der Waals surface area contributed by atoms with E-state index in [-0.39, 0.29) is 0 Å².